The molecule has 91 heavy (non-hydrogen) atoms. The number of carbonyl (C=O) groups excluding carboxylic acids is 12. The molecule has 2 heterocycles. The van der Waals surface area contributed by atoms with Gasteiger partial charge in [-0.2, -0.15) is 0 Å². The van der Waals surface area contributed by atoms with Crippen molar-refractivity contribution in [3.63, 3.8) is 0 Å². The van der Waals surface area contributed by atoms with E-state index in [0.29, 0.717) is 28.7 Å². The summed E-state index contributed by atoms with van der Waals surface area (Å²) in [6.07, 6.45) is -1.46. The molecule has 0 aromatic heterocycles. The number of nitrogens with zero attached hydrogens (tertiary/aromatic N) is 1. The molecule has 0 unspecified atom stereocenters. The molecule has 0 radical (unpaired) electrons. The highest BCUT2D eigenvalue weighted by Gasteiger charge is 2.42. The summed E-state index contributed by atoms with van der Waals surface area (Å²) in [7, 11) is 0. The zero-order valence-electron chi connectivity index (χ0n) is 52.0. The van der Waals surface area contributed by atoms with Crippen LogP contribution in [0.25, 0.3) is 0 Å². The Morgan fingerprint density at radius 1 is 0.440 bits per heavy atom. The number of benzene rings is 4. The second kappa shape index (κ2) is 35.0. The summed E-state index contributed by atoms with van der Waals surface area (Å²) >= 11 is 0. The van der Waals surface area contributed by atoms with Crippen LogP contribution in [-0.4, -0.2) is 149 Å². The quantitative estimate of drug-likeness (QED) is 0.0585. The highest BCUT2D eigenvalue weighted by atomic mass is 16.2. The van der Waals surface area contributed by atoms with Crippen molar-refractivity contribution in [2.24, 2.45) is 29.0 Å². The van der Waals surface area contributed by atoms with Gasteiger partial charge in [0.2, 0.25) is 70.9 Å². The predicted molar refractivity (Wildman–Crippen MR) is 338 cm³/mol. The van der Waals surface area contributed by atoms with Crippen molar-refractivity contribution >= 4 is 70.9 Å². The lowest BCUT2D eigenvalue weighted by atomic mass is 9.99. The average Bonchev–Trinajstić information content (AvgIpc) is 2.12. The summed E-state index contributed by atoms with van der Waals surface area (Å²) < 4.78 is 0. The first-order chi connectivity index (χ1) is 43.5. The number of fused-ring (bicyclic) bond motifs is 1. The first-order valence-electron chi connectivity index (χ1n) is 31.0. The van der Waals surface area contributed by atoms with Crippen LogP contribution in [0, 0.1) is 11.8 Å². The molecule has 25 nitrogen and oxygen atoms in total. The molecule has 0 spiro atoms. The van der Waals surface area contributed by atoms with Crippen LogP contribution in [0.15, 0.2) is 121 Å². The SMILES string of the molecule is CC(C)C[C@@H]1NC(=O)[C@H](CCCN)NC(=O)[C@H](C(C)C)NC(=O)[C@H](Cc2ccccc2)NC(=O)[C@H](CCC(N)=O)NC(=O)[C@H](CC(N)=O)NC(=O)[C@@H](Cc2ccccc2)NC(=O)[C@H](Cc2ccccc2)NC(=O)[C@@H]2CCCN2C(=O)[C@@H](Cc2ccccc2)NC1=O. The summed E-state index contributed by atoms with van der Waals surface area (Å²) in [6, 6.07) is 20.2. The molecule has 2 saturated heterocycles. The van der Waals surface area contributed by atoms with Gasteiger partial charge in [0.25, 0.3) is 0 Å². The standard InChI is InChI=1S/C66H87N13O12/c1-39(2)33-47-59(84)77-52(37-44-25-15-8-16-26-44)66(91)79-32-18-28-53(79)64(89)76-49(35-42-21-11-6-12-22-42)61(86)74-48(34-41-19-9-5-10-20-41)60(85)75-51(38-55(69)81)62(87)70-46(29-30-54(68)80)58(83)73-50(36-43-23-13-7-14-24-43)63(88)78-56(40(3)4)65(90)71-45(27-17-31-67)57(82)72-47/h5-16,19-26,39-40,45-53,56H,17-18,27-38,67H2,1-4H3,(H2,68,80)(H2,69,81)(H,70,87)(H,71,90)(H,72,82)(H,73,83)(H,74,86)(H,75,85)(H,76,89)(H,77,84)(H,78,88)/t45-,46-,47-,48+,49-,50-,51-,52+,53-,56-/m0/s1. The Kier molecular flexibility index (Phi) is 27.2. The van der Waals surface area contributed by atoms with Crippen LogP contribution >= 0.6 is 0 Å². The molecule has 10 atom stereocenters. The summed E-state index contributed by atoms with van der Waals surface area (Å²) in [5.41, 5.74) is 19.5. The molecule has 6 rings (SSSR count). The zero-order chi connectivity index (χ0) is 66.1. The van der Waals surface area contributed by atoms with Crippen LogP contribution in [0.5, 0.6) is 0 Å². The van der Waals surface area contributed by atoms with Crippen LogP contribution in [0.3, 0.4) is 0 Å². The van der Waals surface area contributed by atoms with Gasteiger partial charge in [0, 0.05) is 38.6 Å². The van der Waals surface area contributed by atoms with Gasteiger partial charge in [0.15, 0.2) is 0 Å². The van der Waals surface area contributed by atoms with E-state index < -0.39 is 156 Å². The smallest absolute Gasteiger partial charge is 0.246 e. The van der Waals surface area contributed by atoms with Gasteiger partial charge in [-0.3, -0.25) is 57.5 Å². The topological polar surface area (TPSA) is 394 Å². The van der Waals surface area contributed by atoms with E-state index in [0.717, 1.165) is 0 Å². The van der Waals surface area contributed by atoms with Crippen molar-refractivity contribution in [2.45, 2.75) is 165 Å². The van der Waals surface area contributed by atoms with Gasteiger partial charge in [-0.1, -0.05) is 149 Å². The molecular weight excluding hydrogens is 1170 g/mol. The lowest BCUT2D eigenvalue weighted by Gasteiger charge is -2.32. The minimum absolute atomic E-state index is 0.00635. The molecule has 4 aromatic rings. The second-order valence-corrected chi connectivity index (χ2v) is 23.9. The van der Waals surface area contributed by atoms with Crippen molar-refractivity contribution < 1.29 is 57.5 Å². The van der Waals surface area contributed by atoms with E-state index >= 15 is 4.79 Å². The zero-order valence-corrected chi connectivity index (χ0v) is 52.0. The minimum Gasteiger partial charge on any atom is -0.370 e. The van der Waals surface area contributed by atoms with Gasteiger partial charge < -0.3 is 70.0 Å². The summed E-state index contributed by atoms with van der Waals surface area (Å²) in [4.78, 5) is 174. The first kappa shape index (κ1) is 70.6. The second-order valence-electron chi connectivity index (χ2n) is 23.9. The van der Waals surface area contributed by atoms with Gasteiger partial charge in [0.05, 0.1) is 6.42 Å². The predicted octanol–water partition coefficient (Wildman–Crippen LogP) is -0.0931. The molecule has 0 saturated carbocycles. The number of nitrogens with two attached hydrogens (primary N) is 3. The molecule has 2 fully saturated rings. The number of rotatable bonds is 19. The Morgan fingerprint density at radius 2 is 0.802 bits per heavy atom. The highest BCUT2D eigenvalue weighted by Crippen LogP contribution is 2.22. The van der Waals surface area contributed by atoms with Crippen molar-refractivity contribution in [1.82, 2.24) is 52.8 Å². The third-order valence-corrected chi connectivity index (χ3v) is 15.8. The first-order valence-corrected chi connectivity index (χ1v) is 31.0. The number of hydrogen-bond donors (Lipinski definition) is 12. The fraction of sp³-hybridized carbons (Fsp3) is 0.455. The fourth-order valence-electron chi connectivity index (χ4n) is 10.9. The summed E-state index contributed by atoms with van der Waals surface area (Å²) in [5, 5.41) is 24.4. The number of amides is 12. The average molecular weight is 1250 g/mol. The van der Waals surface area contributed by atoms with E-state index in [1.807, 2.05) is 13.8 Å². The van der Waals surface area contributed by atoms with Crippen LogP contribution in [-0.2, 0) is 83.2 Å². The molecule has 15 N–H and O–H groups in total. The molecule has 0 bridgehead atoms. The molecule has 12 amide bonds. The van der Waals surface area contributed by atoms with Crippen LogP contribution < -0.4 is 65.1 Å². The maximum atomic E-state index is 15.1. The Bertz CT molecular complexity index is 3160. The van der Waals surface area contributed by atoms with E-state index in [2.05, 4.69) is 47.9 Å². The number of nitrogens with one attached hydrogen (secondary N) is 9. The minimum atomic E-state index is -1.82. The lowest BCUT2D eigenvalue weighted by molar-refractivity contribution is -0.142. The summed E-state index contributed by atoms with van der Waals surface area (Å²) in [6.45, 7) is 7.14. The maximum absolute atomic E-state index is 15.1. The Hall–Kier alpha value is -9.52. The van der Waals surface area contributed by atoms with E-state index in [4.69, 9.17) is 17.2 Å². The van der Waals surface area contributed by atoms with Crippen molar-refractivity contribution in [2.75, 3.05) is 13.1 Å². The van der Waals surface area contributed by atoms with E-state index in [9.17, 15) is 52.7 Å². The van der Waals surface area contributed by atoms with Gasteiger partial charge in [0.1, 0.15) is 60.4 Å². The fourth-order valence-corrected chi connectivity index (χ4v) is 10.9. The third kappa shape index (κ3) is 22.2. The monoisotopic (exact) mass is 1250 g/mol. The van der Waals surface area contributed by atoms with Crippen molar-refractivity contribution in [3.8, 4) is 0 Å². The Labute approximate surface area is 530 Å². The molecule has 25 heteroatoms. The molecule has 0 aliphatic carbocycles. The molecular formula is C66H87N13O12. The maximum Gasteiger partial charge on any atom is 0.246 e. The number of carbonyl (C=O) groups is 12. The molecule has 4 aromatic carbocycles. The summed E-state index contributed by atoms with van der Waals surface area (Å²) in [5.74, 6) is -11.3. The van der Waals surface area contributed by atoms with Crippen LogP contribution in [0.1, 0.15) is 101 Å². The Morgan fingerprint density at radius 3 is 1.24 bits per heavy atom. The van der Waals surface area contributed by atoms with Crippen molar-refractivity contribution in [3.05, 3.63) is 144 Å². The van der Waals surface area contributed by atoms with E-state index in [1.165, 1.54) is 4.90 Å². The van der Waals surface area contributed by atoms with Gasteiger partial charge in [-0.15, -0.1) is 0 Å². The number of hydrogen-bond acceptors (Lipinski definition) is 13. The lowest BCUT2D eigenvalue weighted by Crippen LogP contribution is -2.62. The van der Waals surface area contributed by atoms with Crippen molar-refractivity contribution in [1.29, 1.82) is 0 Å². The van der Waals surface area contributed by atoms with E-state index in [-0.39, 0.29) is 70.4 Å². The highest BCUT2D eigenvalue weighted by molar-refractivity contribution is 6.00. The normalized spacial score (nSPS) is 24.1. The van der Waals surface area contributed by atoms with Crippen LogP contribution in [0.4, 0.5) is 0 Å². The Balaban J connectivity index is 1.46. The van der Waals surface area contributed by atoms with Crippen LogP contribution in [0.2, 0.25) is 0 Å². The third-order valence-electron chi connectivity index (χ3n) is 15.8. The number of primary amides is 2. The largest absolute Gasteiger partial charge is 0.370 e. The molecule has 2 aliphatic rings. The van der Waals surface area contributed by atoms with E-state index in [1.54, 1.807) is 135 Å². The van der Waals surface area contributed by atoms with Gasteiger partial charge in [-0.05, 0) is 79.2 Å². The van der Waals surface area contributed by atoms with Gasteiger partial charge in [-0.25, -0.2) is 0 Å². The molecule has 2 aliphatic heterocycles. The van der Waals surface area contributed by atoms with Gasteiger partial charge >= 0.3 is 0 Å². The molecule has 488 valence electrons.